The average Bonchev–Trinajstić information content (AvgIpc) is 3.02. The van der Waals surface area contributed by atoms with E-state index in [1.165, 1.54) is 37.5 Å². The number of esters is 1. The molecule has 2 heterocycles. The monoisotopic (exact) mass is 429 g/mol. The van der Waals surface area contributed by atoms with Gasteiger partial charge < -0.3 is 9.46 Å². The first-order chi connectivity index (χ1) is 11.4. The van der Waals surface area contributed by atoms with E-state index >= 15 is 0 Å². The molecule has 24 heavy (non-hydrogen) atoms. The molecule has 0 atom stereocenters. The number of hydrogen-bond acceptors (Lipinski definition) is 7. The van der Waals surface area contributed by atoms with Crippen molar-refractivity contribution in [1.82, 2.24) is 9.03 Å². The first-order valence-corrected chi connectivity index (χ1v) is 9.69. The van der Waals surface area contributed by atoms with Gasteiger partial charge in [0.2, 0.25) is 0 Å². The van der Waals surface area contributed by atoms with E-state index in [4.69, 9.17) is 4.74 Å². The van der Waals surface area contributed by atoms with Gasteiger partial charge in [0.05, 0.1) is 36.2 Å². The fraction of sp³-hybridized carbons (Fsp3) is 0.0714. The number of halogens is 1. The Morgan fingerprint density at radius 3 is 2.96 bits per heavy atom. The molecule has 0 aromatic heterocycles. The number of sulfonamides is 1. The summed E-state index contributed by atoms with van der Waals surface area (Å²) in [5.41, 5.74) is 0.767. The highest BCUT2D eigenvalue weighted by atomic mass is 79.9. The number of allylic oxidation sites excluding steroid dienone is 2. The lowest BCUT2D eigenvalue weighted by Crippen LogP contribution is -2.22. The van der Waals surface area contributed by atoms with E-state index in [1.807, 2.05) is 0 Å². The molecule has 0 saturated heterocycles. The number of nitrogens with zero attached hydrogens (tertiary/aromatic N) is 1. The van der Waals surface area contributed by atoms with Crippen molar-refractivity contribution in [2.24, 2.45) is 0 Å². The Labute approximate surface area is 151 Å². The van der Waals surface area contributed by atoms with Crippen molar-refractivity contribution in [3.8, 4) is 0 Å². The Morgan fingerprint density at radius 1 is 1.42 bits per heavy atom. The predicted octanol–water partition coefficient (Wildman–Crippen LogP) is 2.70. The van der Waals surface area contributed by atoms with Gasteiger partial charge in [-0.05, 0) is 30.4 Å². The maximum absolute atomic E-state index is 12.8. The summed E-state index contributed by atoms with van der Waals surface area (Å²) in [5.74, 6) is -0.628. The van der Waals surface area contributed by atoms with Crippen molar-refractivity contribution in [2.45, 2.75) is 0 Å². The number of anilines is 1. The second-order valence-corrected chi connectivity index (χ2v) is 8.10. The third-order valence-corrected chi connectivity index (χ3v) is 5.87. The van der Waals surface area contributed by atoms with Crippen molar-refractivity contribution >= 4 is 49.7 Å². The van der Waals surface area contributed by atoms with Crippen LogP contribution in [-0.2, 0) is 14.8 Å². The normalized spacial score (nSPS) is 16.0. The quantitative estimate of drug-likeness (QED) is 0.561. The van der Waals surface area contributed by atoms with Crippen LogP contribution in [0.1, 0.15) is 10.4 Å². The summed E-state index contributed by atoms with van der Waals surface area (Å²) in [5, 5.41) is 0. The van der Waals surface area contributed by atoms with Gasteiger partial charge in [-0.15, -0.1) is 0 Å². The topological polar surface area (TPSA) is 87.7 Å². The molecule has 1 aromatic rings. The third kappa shape index (κ3) is 3.17. The van der Waals surface area contributed by atoms with Crippen LogP contribution in [0.5, 0.6) is 0 Å². The number of fused-ring (bicyclic) bond motifs is 1. The van der Waals surface area contributed by atoms with Gasteiger partial charge in [0.25, 0.3) is 10.0 Å². The van der Waals surface area contributed by atoms with Crippen LogP contribution < -0.4 is 9.44 Å². The number of methoxy groups -OCH3 is 1. The molecule has 1 aromatic carbocycles. The van der Waals surface area contributed by atoms with Crippen LogP contribution >= 0.6 is 28.1 Å². The minimum atomic E-state index is -3.90. The largest absolute Gasteiger partial charge is 0.465 e. The van der Waals surface area contributed by atoms with Crippen LogP contribution in [0.3, 0.4) is 0 Å². The lowest BCUT2D eigenvalue weighted by Gasteiger charge is -2.21. The molecule has 0 spiro atoms. The van der Waals surface area contributed by atoms with Crippen LogP contribution in [0.4, 0.5) is 5.69 Å². The van der Waals surface area contributed by atoms with Gasteiger partial charge in [-0.2, -0.15) is 0 Å². The molecule has 0 unspecified atom stereocenters. The molecule has 7 nitrogen and oxygen atoms in total. The molecular formula is C14H12BrN3O4S2. The predicted molar refractivity (Wildman–Crippen MR) is 95.9 cm³/mol. The summed E-state index contributed by atoms with van der Waals surface area (Å²) < 4.78 is 37.9. The lowest BCUT2D eigenvalue weighted by atomic mass is 10.2. The molecule has 3 rings (SSSR count). The molecule has 0 amide bonds. The lowest BCUT2D eigenvalue weighted by molar-refractivity contribution is 0.0602. The van der Waals surface area contributed by atoms with E-state index in [9.17, 15) is 13.2 Å². The van der Waals surface area contributed by atoms with Gasteiger partial charge >= 0.3 is 5.97 Å². The van der Waals surface area contributed by atoms with Crippen molar-refractivity contribution < 1.29 is 17.9 Å². The second-order valence-electron chi connectivity index (χ2n) is 4.72. The zero-order chi connectivity index (χ0) is 17.3. The van der Waals surface area contributed by atoms with Gasteiger partial charge in [0.1, 0.15) is 4.91 Å². The average molecular weight is 430 g/mol. The van der Waals surface area contributed by atoms with E-state index in [0.29, 0.717) is 10.2 Å². The van der Waals surface area contributed by atoms with Crippen molar-refractivity contribution in [1.29, 1.82) is 0 Å². The maximum atomic E-state index is 12.8. The number of carbonyl (C=O) groups excluding carboxylic acids is 1. The number of rotatable bonds is 4. The molecule has 0 saturated carbocycles. The van der Waals surface area contributed by atoms with Crippen molar-refractivity contribution in [3.63, 3.8) is 0 Å². The molecule has 2 aliphatic heterocycles. The van der Waals surface area contributed by atoms with Gasteiger partial charge in [-0.3, -0.25) is 9.03 Å². The van der Waals surface area contributed by atoms with Gasteiger partial charge in [0, 0.05) is 16.9 Å². The van der Waals surface area contributed by atoms with Gasteiger partial charge in [-0.1, -0.05) is 15.9 Å². The standard InChI is InChI=1S/C14H12BrN3O4S2/c1-22-14(19)10-5-4-9(15)7-11(10)17-24(20,21)13-3-2-6-18-12(13)8-16-23-18/h2-8,16-17H,1H3. The van der Waals surface area contributed by atoms with Gasteiger partial charge in [0.15, 0.2) is 0 Å². The van der Waals surface area contributed by atoms with E-state index in [-0.39, 0.29) is 16.2 Å². The van der Waals surface area contributed by atoms with Crippen LogP contribution in [0.2, 0.25) is 0 Å². The van der Waals surface area contributed by atoms with Gasteiger partial charge in [-0.25, -0.2) is 13.2 Å². The molecular weight excluding hydrogens is 418 g/mol. The molecule has 0 fully saturated rings. The summed E-state index contributed by atoms with van der Waals surface area (Å²) in [6.07, 6.45) is 6.47. The van der Waals surface area contributed by atoms with E-state index in [0.717, 1.165) is 0 Å². The summed E-state index contributed by atoms with van der Waals surface area (Å²) >= 11 is 4.53. The minimum absolute atomic E-state index is 0.0956. The maximum Gasteiger partial charge on any atom is 0.339 e. The first-order valence-electron chi connectivity index (χ1n) is 6.64. The Kier molecular flexibility index (Phi) is 4.61. The van der Waals surface area contributed by atoms with Crippen molar-refractivity contribution in [2.75, 3.05) is 11.8 Å². The molecule has 0 radical (unpaired) electrons. The number of carbonyl (C=O) groups is 1. The van der Waals surface area contributed by atoms with Crippen LogP contribution in [0.15, 0.2) is 57.8 Å². The molecule has 2 aliphatic rings. The zero-order valence-corrected chi connectivity index (χ0v) is 15.5. The summed E-state index contributed by atoms with van der Waals surface area (Å²) in [7, 11) is -2.67. The highest BCUT2D eigenvalue weighted by molar-refractivity contribution is 9.10. The summed E-state index contributed by atoms with van der Waals surface area (Å²) in [4.78, 5) is 12.0. The molecule has 126 valence electrons. The number of ether oxygens (including phenoxy) is 1. The van der Waals surface area contributed by atoms with E-state index in [2.05, 4.69) is 25.4 Å². The smallest absolute Gasteiger partial charge is 0.339 e. The minimum Gasteiger partial charge on any atom is -0.465 e. The fourth-order valence-electron chi connectivity index (χ4n) is 2.15. The number of hydrogen-bond donors (Lipinski definition) is 2. The SMILES string of the molecule is COC(=O)c1ccc(Br)cc1NS(=O)(=O)C1=CC=CN2SNC=C12. The van der Waals surface area contributed by atoms with E-state index in [1.54, 1.807) is 28.8 Å². The molecule has 2 N–H and O–H groups in total. The van der Waals surface area contributed by atoms with Crippen LogP contribution in [0.25, 0.3) is 0 Å². The first kappa shape index (κ1) is 16.9. The van der Waals surface area contributed by atoms with Crippen LogP contribution in [-0.4, -0.2) is 25.8 Å². The summed E-state index contributed by atoms with van der Waals surface area (Å²) in [6, 6.07) is 4.63. The van der Waals surface area contributed by atoms with Crippen LogP contribution in [0, 0.1) is 0 Å². The number of nitrogens with one attached hydrogen (secondary N) is 2. The molecule has 0 bridgehead atoms. The van der Waals surface area contributed by atoms with Crippen molar-refractivity contribution in [3.05, 3.63) is 63.4 Å². The summed E-state index contributed by atoms with van der Waals surface area (Å²) in [6.45, 7) is 0. The molecule has 0 aliphatic carbocycles. The highest BCUT2D eigenvalue weighted by Crippen LogP contribution is 2.34. The fourth-order valence-corrected chi connectivity index (χ4v) is 4.49. The Hall–Kier alpha value is -1.91. The number of benzene rings is 1. The Morgan fingerprint density at radius 2 is 2.21 bits per heavy atom. The second kappa shape index (κ2) is 6.54. The third-order valence-electron chi connectivity index (χ3n) is 3.23. The van der Waals surface area contributed by atoms with E-state index < -0.39 is 16.0 Å². The zero-order valence-electron chi connectivity index (χ0n) is 12.3. The Bertz CT molecular complexity index is 893. The molecule has 10 heteroatoms. The Balaban J connectivity index is 1.99. The highest BCUT2D eigenvalue weighted by Gasteiger charge is 2.30.